The summed E-state index contributed by atoms with van der Waals surface area (Å²) in [5.74, 6) is -0.901. The Morgan fingerprint density at radius 1 is 1.00 bits per heavy atom. The molecule has 0 aliphatic heterocycles. The van der Waals surface area contributed by atoms with Gasteiger partial charge in [0, 0.05) is 6.42 Å². The Morgan fingerprint density at radius 2 is 1.64 bits per heavy atom. The van der Waals surface area contributed by atoms with E-state index in [4.69, 9.17) is 15.6 Å². The molecule has 0 spiro atoms. The van der Waals surface area contributed by atoms with Gasteiger partial charge >= 0.3 is 6.18 Å². The van der Waals surface area contributed by atoms with Gasteiger partial charge in [0.2, 0.25) is 5.91 Å². The Labute approximate surface area is 190 Å². The lowest BCUT2D eigenvalue weighted by Gasteiger charge is -2.22. The van der Waals surface area contributed by atoms with Crippen LogP contribution >= 0.6 is 0 Å². The molecule has 8 heteroatoms. The summed E-state index contributed by atoms with van der Waals surface area (Å²) in [4.78, 5) is 12.1. The molecule has 4 N–H and O–H groups in total. The fraction of sp³-hybridized carbons (Fsp3) is 0.240. The minimum atomic E-state index is -4.72. The number of hydrogen-bond donors (Lipinski definition) is 3. The van der Waals surface area contributed by atoms with E-state index in [-0.39, 0.29) is 12.4 Å². The SMILES string of the molecule is C[C@](N)(CO)C(=O)Nc1ccc(OCCc2ccc(-c3ccccc3)cc2)cc1C(F)(F)F. The first-order valence-electron chi connectivity index (χ1n) is 10.3. The number of amides is 1. The van der Waals surface area contributed by atoms with Gasteiger partial charge in [-0.3, -0.25) is 4.79 Å². The molecule has 33 heavy (non-hydrogen) atoms. The second-order valence-electron chi connectivity index (χ2n) is 7.90. The van der Waals surface area contributed by atoms with Gasteiger partial charge in [-0.1, -0.05) is 54.6 Å². The number of benzene rings is 3. The second-order valence-corrected chi connectivity index (χ2v) is 7.90. The summed E-state index contributed by atoms with van der Waals surface area (Å²) in [7, 11) is 0. The average Bonchev–Trinajstić information content (AvgIpc) is 2.80. The molecule has 174 valence electrons. The molecule has 0 radical (unpaired) electrons. The smallest absolute Gasteiger partial charge is 0.418 e. The maximum absolute atomic E-state index is 13.5. The number of aliphatic hydroxyl groups is 1. The van der Waals surface area contributed by atoms with Crippen LogP contribution in [0.2, 0.25) is 0 Å². The van der Waals surface area contributed by atoms with Crippen LogP contribution in [0.15, 0.2) is 72.8 Å². The Morgan fingerprint density at radius 3 is 2.24 bits per heavy atom. The quantitative estimate of drug-likeness (QED) is 0.459. The summed E-state index contributed by atoms with van der Waals surface area (Å²) in [5, 5.41) is 11.3. The fourth-order valence-corrected chi connectivity index (χ4v) is 3.07. The number of rotatable bonds is 8. The molecule has 0 heterocycles. The van der Waals surface area contributed by atoms with Crippen LogP contribution in [0.5, 0.6) is 5.75 Å². The molecule has 0 aromatic heterocycles. The van der Waals surface area contributed by atoms with Crippen molar-refractivity contribution in [3.8, 4) is 16.9 Å². The van der Waals surface area contributed by atoms with E-state index in [1.165, 1.54) is 13.0 Å². The van der Waals surface area contributed by atoms with Crippen molar-refractivity contribution in [1.82, 2.24) is 0 Å². The molecule has 0 fully saturated rings. The standard InChI is InChI=1S/C25H25F3N2O3/c1-24(29,16-31)23(32)30-22-12-11-20(15-21(22)25(26,27)28)33-14-13-17-7-9-19(10-8-17)18-5-3-2-4-6-18/h2-12,15,31H,13-14,16,29H2,1H3,(H,30,32)/t24-/m0/s1. The predicted octanol–water partition coefficient (Wildman–Crippen LogP) is 4.64. The van der Waals surface area contributed by atoms with Crippen molar-refractivity contribution in [2.75, 3.05) is 18.5 Å². The zero-order valence-corrected chi connectivity index (χ0v) is 18.0. The highest BCUT2D eigenvalue weighted by Gasteiger charge is 2.36. The van der Waals surface area contributed by atoms with E-state index in [0.29, 0.717) is 6.42 Å². The number of alkyl halides is 3. The zero-order chi connectivity index (χ0) is 24.1. The molecule has 5 nitrogen and oxygen atoms in total. The number of halogens is 3. The maximum Gasteiger partial charge on any atom is 0.418 e. The number of nitrogens with one attached hydrogen (secondary N) is 1. The summed E-state index contributed by atoms with van der Waals surface area (Å²) < 4.78 is 46.1. The zero-order valence-electron chi connectivity index (χ0n) is 18.0. The van der Waals surface area contributed by atoms with Gasteiger partial charge in [0.05, 0.1) is 24.5 Å². The van der Waals surface area contributed by atoms with Crippen LogP contribution < -0.4 is 15.8 Å². The molecule has 0 aliphatic carbocycles. The van der Waals surface area contributed by atoms with Gasteiger partial charge < -0.3 is 20.9 Å². The molecule has 1 amide bonds. The van der Waals surface area contributed by atoms with Crippen molar-refractivity contribution in [3.63, 3.8) is 0 Å². The van der Waals surface area contributed by atoms with Crippen molar-refractivity contribution >= 4 is 11.6 Å². The number of hydrogen-bond acceptors (Lipinski definition) is 4. The second kappa shape index (κ2) is 10.1. The molecular weight excluding hydrogens is 433 g/mol. The van der Waals surface area contributed by atoms with Crippen molar-refractivity contribution in [1.29, 1.82) is 0 Å². The minimum Gasteiger partial charge on any atom is -0.493 e. The highest BCUT2D eigenvalue weighted by Crippen LogP contribution is 2.37. The summed E-state index contributed by atoms with van der Waals surface area (Å²) >= 11 is 0. The van der Waals surface area contributed by atoms with Crippen LogP contribution in [0, 0.1) is 0 Å². The number of ether oxygens (including phenoxy) is 1. The topological polar surface area (TPSA) is 84.6 Å². The van der Waals surface area contributed by atoms with E-state index in [0.717, 1.165) is 28.8 Å². The van der Waals surface area contributed by atoms with Crippen molar-refractivity contribution in [2.24, 2.45) is 5.73 Å². The minimum absolute atomic E-state index is 0.0268. The first kappa shape index (κ1) is 24.3. The third-order valence-corrected chi connectivity index (χ3v) is 5.11. The van der Waals surface area contributed by atoms with Crippen LogP contribution in [-0.2, 0) is 17.4 Å². The van der Waals surface area contributed by atoms with Crippen molar-refractivity contribution < 1.29 is 27.8 Å². The monoisotopic (exact) mass is 458 g/mol. The summed E-state index contributed by atoms with van der Waals surface area (Å²) in [6.45, 7) is 0.687. The van der Waals surface area contributed by atoms with E-state index in [1.54, 1.807) is 0 Å². The van der Waals surface area contributed by atoms with Crippen LogP contribution in [-0.4, -0.2) is 29.8 Å². The van der Waals surface area contributed by atoms with Crippen LogP contribution in [0.3, 0.4) is 0 Å². The number of anilines is 1. The molecule has 3 aromatic carbocycles. The van der Waals surface area contributed by atoms with E-state index in [2.05, 4.69) is 5.32 Å². The lowest BCUT2D eigenvalue weighted by atomic mass is 10.0. The summed E-state index contributed by atoms with van der Waals surface area (Å²) in [6.07, 6.45) is -4.21. The molecule has 3 rings (SSSR count). The molecule has 1 atom stereocenters. The molecule has 0 unspecified atom stereocenters. The first-order valence-corrected chi connectivity index (χ1v) is 10.3. The van der Waals surface area contributed by atoms with Gasteiger partial charge in [0.1, 0.15) is 11.3 Å². The molecular formula is C25H25F3N2O3. The molecule has 0 saturated carbocycles. The highest BCUT2D eigenvalue weighted by atomic mass is 19.4. The maximum atomic E-state index is 13.5. The van der Waals surface area contributed by atoms with E-state index in [1.807, 2.05) is 54.6 Å². The average molecular weight is 458 g/mol. The first-order chi connectivity index (χ1) is 15.6. The number of carbonyl (C=O) groups is 1. The Kier molecular flexibility index (Phi) is 7.40. The molecule has 0 saturated heterocycles. The lowest BCUT2D eigenvalue weighted by molar-refractivity contribution is -0.137. The van der Waals surface area contributed by atoms with Gasteiger partial charge in [-0.2, -0.15) is 13.2 Å². The highest BCUT2D eigenvalue weighted by molar-refractivity contribution is 5.98. The number of nitrogens with two attached hydrogens (primary N) is 1. The van der Waals surface area contributed by atoms with Gasteiger partial charge in [0.25, 0.3) is 0 Å². The normalized spacial score (nSPS) is 13.3. The Bertz CT molecular complexity index is 1080. The summed E-state index contributed by atoms with van der Waals surface area (Å²) in [5.41, 5.74) is 5.52. The third-order valence-electron chi connectivity index (χ3n) is 5.11. The predicted molar refractivity (Wildman–Crippen MR) is 121 cm³/mol. The molecule has 3 aromatic rings. The largest absolute Gasteiger partial charge is 0.493 e. The van der Waals surface area contributed by atoms with E-state index in [9.17, 15) is 18.0 Å². The number of aliphatic hydroxyl groups excluding tert-OH is 1. The van der Waals surface area contributed by atoms with Crippen LogP contribution in [0.25, 0.3) is 11.1 Å². The van der Waals surface area contributed by atoms with E-state index >= 15 is 0 Å². The van der Waals surface area contributed by atoms with Crippen LogP contribution in [0.1, 0.15) is 18.1 Å². The van der Waals surface area contributed by atoms with Gasteiger partial charge in [-0.15, -0.1) is 0 Å². The third kappa shape index (κ3) is 6.34. The van der Waals surface area contributed by atoms with Gasteiger partial charge in [-0.05, 0) is 41.8 Å². The Balaban J connectivity index is 1.66. The van der Waals surface area contributed by atoms with Crippen molar-refractivity contribution in [2.45, 2.75) is 25.1 Å². The fourth-order valence-electron chi connectivity index (χ4n) is 3.07. The van der Waals surface area contributed by atoms with E-state index < -0.39 is 35.5 Å². The molecule has 0 aliphatic rings. The number of carbonyl (C=O) groups excluding carboxylic acids is 1. The Hall–Kier alpha value is -3.36. The van der Waals surface area contributed by atoms with Gasteiger partial charge in [-0.25, -0.2) is 0 Å². The van der Waals surface area contributed by atoms with Gasteiger partial charge in [0.15, 0.2) is 0 Å². The van der Waals surface area contributed by atoms with Crippen LogP contribution in [0.4, 0.5) is 18.9 Å². The van der Waals surface area contributed by atoms with Crippen molar-refractivity contribution in [3.05, 3.63) is 83.9 Å². The summed E-state index contributed by atoms with van der Waals surface area (Å²) in [6, 6.07) is 21.1. The lowest BCUT2D eigenvalue weighted by Crippen LogP contribution is -2.51. The molecule has 0 bridgehead atoms.